The Morgan fingerprint density at radius 3 is 2.47 bits per heavy atom. The van der Waals surface area contributed by atoms with Crippen LogP contribution in [-0.4, -0.2) is 13.1 Å². The Balaban J connectivity index is 2.84. The molecule has 0 bridgehead atoms. The Morgan fingerprint density at radius 1 is 1.40 bits per heavy atom. The van der Waals surface area contributed by atoms with E-state index in [4.69, 9.17) is 0 Å². The molecule has 0 aliphatic carbocycles. The second-order valence-electron chi connectivity index (χ2n) is 3.19. The third kappa shape index (κ3) is 3.51. The number of hydrogen-bond acceptors (Lipinski definition) is 2. The summed E-state index contributed by atoms with van der Waals surface area (Å²) in [5, 5.41) is 0.840. The van der Waals surface area contributed by atoms with Gasteiger partial charge in [0.15, 0.2) is 0 Å². The van der Waals surface area contributed by atoms with E-state index >= 15 is 0 Å². The van der Waals surface area contributed by atoms with E-state index in [0.29, 0.717) is 5.57 Å². The average molecular weight is 269 g/mol. The standard InChI is InChI=1S/C12H13BrO2/c1-9(12(14)15-2)7-10-3-5-11(8-13)6-4-10/h3-7H,8H2,1-2H3/b9-7+. The first-order valence-electron chi connectivity index (χ1n) is 4.59. The van der Waals surface area contributed by atoms with Crippen molar-refractivity contribution in [3.8, 4) is 0 Å². The molecule has 0 saturated heterocycles. The van der Waals surface area contributed by atoms with E-state index in [-0.39, 0.29) is 5.97 Å². The molecule has 0 aliphatic rings. The summed E-state index contributed by atoms with van der Waals surface area (Å²) in [4.78, 5) is 11.1. The minimum Gasteiger partial charge on any atom is -0.466 e. The number of ether oxygens (including phenoxy) is 1. The molecule has 1 aromatic carbocycles. The van der Waals surface area contributed by atoms with E-state index in [1.807, 2.05) is 30.3 Å². The van der Waals surface area contributed by atoms with Gasteiger partial charge < -0.3 is 4.74 Å². The third-order valence-corrected chi connectivity index (χ3v) is 2.67. The normalized spacial score (nSPS) is 11.3. The second-order valence-corrected chi connectivity index (χ2v) is 3.75. The van der Waals surface area contributed by atoms with Crippen molar-refractivity contribution >= 4 is 28.0 Å². The van der Waals surface area contributed by atoms with Crippen LogP contribution in [0.15, 0.2) is 29.8 Å². The predicted molar refractivity (Wildman–Crippen MR) is 64.7 cm³/mol. The number of hydrogen-bond donors (Lipinski definition) is 0. The van der Waals surface area contributed by atoms with Crippen LogP contribution in [0.1, 0.15) is 18.1 Å². The molecular formula is C12H13BrO2. The molecule has 0 atom stereocenters. The van der Waals surface area contributed by atoms with Crippen LogP contribution in [-0.2, 0) is 14.9 Å². The number of benzene rings is 1. The number of alkyl halides is 1. The first kappa shape index (κ1) is 12.0. The van der Waals surface area contributed by atoms with Crippen LogP contribution < -0.4 is 0 Å². The van der Waals surface area contributed by atoms with Crippen LogP contribution in [0, 0.1) is 0 Å². The van der Waals surface area contributed by atoms with Gasteiger partial charge in [0.05, 0.1) is 7.11 Å². The van der Waals surface area contributed by atoms with Crippen molar-refractivity contribution in [2.24, 2.45) is 0 Å². The maximum absolute atomic E-state index is 11.1. The molecule has 0 amide bonds. The summed E-state index contributed by atoms with van der Waals surface area (Å²) < 4.78 is 4.61. The fourth-order valence-corrected chi connectivity index (χ4v) is 1.55. The summed E-state index contributed by atoms with van der Waals surface area (Å²) >= 11 is 3.38. The lowest BCUT2D eigenvalue weighted by atomic mass is 10.1. The summed E-state index contributed by atoms with van der Waals surface area (Å²) in [6, 6.07) is 7.99. The summed E-state index contributed by atoms with van der Waals surface area (Å²) in [5.74, 6) is -0.292. The zero-order valence-corrected chi connectivity index (χ0v) is 10.4. The fourth-order valence-electron chi connectivity index (χ4n) is 1.17. The first-order chi connectivity index (χ1) is 7.17. The highest BCUT2D eigenvalue weighted by molar-refractivity contribution is 9.08. The molecule has 2 nitrogen and oxygen atoms in total. The van der Waals surface area contributed by atoms with Crippen molar-refractivity contribution in [3.05, 3.63) is 41.0 Å². The number of carbonyl (C=O) groups is 1. The van der Waals surface area contributed by atoms with Crippen molar-refractivity contribution in [2.75, 3.05) is 7.11 Å². The van der Waals surface area contributed by atoms with E-state index < -0.39 is 0 Å². The van der Waals surface area contributed by atoms with E-state index in [2.05, 4.69) is 20.7 Å². The lowest BCUT2D eigenvalue weighted by Crippen LogP contribution is -2.00. The van der Waals surface area contributed by atoms with Crippen molar-refractivity contribution in [3.63, 3.8) is 0 Å². The van der Waals surface area contributed by atoms with Crippen LogP contribution in [0.5, 0.6) is 0 Å². The molecule has 0 aliphatic heterocycles. The van der Waals surface area contributed by atoms with Gasteiger partial charge in [-0.05, 0) is 24.1 Å². The summed E-state index contributed by atoms with van der Waals surface area (Å²) in [6.07, 6.45) is 1.81. The Kier molecular flexibility index (Phi) is 4.56. The molecule has 0 N–H and O–H groups in total. The van der Waals surface area contributed by atoms with E-state index in [1.165, 1.54) is 12.7 Å². The first-order valence-corrected chi connectivity index (χ1v) is 5.71. The molecule has 0 saturated carbocycles. The summed E-state index contributed by atoms with van der Waals surface area (Å²) in [6.45, 7) is 1.74. The van der Waals surface area contributed by atoms with Gasteiger partial charge >= 0.3 is 5.97 Å². The molecule has 0 radical (unpaired) electrons. The van der Waals surface area contributed by atoms with Gasteiger partial charge in [0, 0.05) is 10.9 Å². The number of rotatable bonds is 3. The Hall–Kier alpha value is -1.09. The van der Waals surface area contributed by atoms with Crippen molar-refractivity contribution in [2.45, 2.75) is 12.3 Å². The largest absolute Gasteiger partial charge is 0.466 e. The van der Waals surface area contributed by atoms with E-state index in [1.54, 1.807) is 6.92 Å². The highest BCUT2D eigenvalue weighted by atomic mass is 79.9. The maximum atomic E-state index is 11.1. The minimum atomic E-state index is -0.292. The van der Waals surface area contributed by atoms with Gasteiger partial charge in [0.25, 0.3) is 0 Å². The van der Waals surface area contributed by atoms with Crippen LogP contribution in [0.2, 0.25) is 0 Å². The lowest BCUT2D eigenvalue weighted by Gasteiger charge is -2.00. The fraction of sp³-hybridized carbons (Fsp3) is 0.250. The number of carbonyl (C=O) groups excluding carboxylic acids is 1. The quantitative estimate of drug-likeness (QED) is 0.478. The van der Waals surface area contributed by atoms with E-state index in [0.717, 1.165) is 10.9 Å². The van der Waals surface area contributed by atoms with Gasteiger partial charge in [-0.2, -0.15) is 0 Å². The SMILES string of the molecule is COC(=O)/C(C)=C/c1ccc(CBr)cc1. The van der Waals surface area contributed by atoms with Gasteiger partial charge in [-0.15, -0.1) is 0 Å². The minimum absolute atomic E-state index is 0.292. The van der Waals surface area contributed by atoms with Crippen molar-refractivity contribution in [1.82, 2.24) is 0 Å². The van der Waals surface area contributed by atoms with Crippen molar-refractivity contribution in [1.29, 1.82) is 0 Å². The topological polar surface area (TPSA) is 26.3 Å². The van der Waals surface area contributed by atoms with Gasteiger partial charge in [0.2, 0.25) is 0 Å². The van der Waals surface area contributed by atoms with Crippen LogP contribution in [0.3, 0.4) is 0 Å². The van der Waals surface area contributed by atoms with Crippen LogP contribution in [0.25, 0.3) is 6.08 Å². The van der Waals surface area contributed by atoms with Crippen molar-refractivity contribution < 1.29 is 9.53 Å². The molecule has 1 rings (SSSR count). The molecule has 0 spiro atoms. The lowest BCUT2D eigenvalue weighted by molar-refractivity contribution is -0.135. The van der Waals surface area contributed by atoms with Crippen LogP contribution in [0.4, 0.5) is 0 Å². The average Bonchev–Trinajstić information content (AvgIpc) is 2.29. The number of esters is 1. The van der Waals surface area contributed by atoms with Crippen LogP contribution >= 0.6 is 15.9 Å². The molecule has 80 valence electrons. The molecule has 0 unspecified atom stereocenters. The van der Waals surface area contributed by atoms with Gasteiger partial charge in [-0.25, -0.2) is 4.79 Å². The smallest absolute Gasteiger partial charge is 0.333 e. The summed E-state index contributed by atoms with van der Waals surface area (Å²) in [7, 11) is 1.38. The third-order valence-electron chi connectivity index (χ3n) is 2.02. The molecule has 1 aromatic rings. The molecule has 0 heterocycles. The monoisotopic (exact) mass is 268 g/mol. The Morgan fingerprint density at radius 2 is 2.00 bits per heavy atom. The highest BCUT2D eigenvalue weighted by Gasteiger charge is 2.02. The van der Waals surface area contributed by atoms with Gasteiger partial charge in [0.1, 0.15) is 0 Å². The molecule has 15 heavy (non-hydrogen) atoms. The zero-order valence-electron chi connectivity index (χ0n) is 8.79. The Labute approximate surface area is 98.1 Å². The van der Waals surface area contributed by atoms with Gasteiger partial charge in [-0.3, -0.25) is 0 Å². The highest BCUT2D eigenvalue weighted by Crippen LogP contribution is 2.11. The number of methoxy groups -OCH3 is 1. The number of halogens is 1. The Bertz CT molecular complexity index is 366. The summed E-state index contributed by atoms with van der Waals surface area (Å²) in [5.41, 5.74) is 2.81. The predicted octanol–water partition coefficient (Wildman–Crippen LogP) is 3.16. The molecule has 0 aromatic heterocycles. The molecular weight excluding hydrogens is 256 g/mol. The van der Waals surface area contributed by atoms with Gasteiger partial charge in [-0.1, -0.05) is 40.2 Å². The second kappa shape index (κ2) is 5.71. The van der Waals surface area contributed by atoms with E-state index in [9.17, 15) is 4.79 Å². The molecule has 0 fully saturated rings. The maximum Gasteiger partial charge on any atom is 0.333 e. The molecule has 3 heteroatoms. The zero-order chi connectivity index (χ0) is 11.3.